The summed E-state index contributed by atoms with van der Waals surface area (Å²) in [6.07, 6.45) is 2.59. The van der Waals surface area contributed by atoms with E-state index in [1.54, 1.807) is 12.1 Å². The Morgan fingerprint density at radius 1 is 1.09 bits per heavy atom. The third kappa shape index (κ3) is 5.70. The number of rotatable bonds is 13. The van der Waals surface area contributed by atoms with Crippen LogP contribution in [0.4, 0.5) is 5.69 Å². The molecule has 2 atom stereocenters. The van der Waals surface area contributed by atoms with E-state index in [1.807, 2.05) is 6.07 Å². The van der Waals surface area contributed by atoms with E-state index in [-0.39, 0.29) is 19.4 Å². The van der Waals surface area contributed by atoms with Gasteiger partial charge in [0.05, 0.1) is 5.56 Å². The Bertz CT molecular complexity index is 833. The molecule has 0 aromatic heterocycles. The molecule has 3 rings (SSSR count). The molecule has 0 radical (unpaired) electrons. The minimum absolute atomic E-state index is 0.0627. The lowest BCUT2D eigenvalue weighted by atomic mass is 10.0. The summed E-state index contributed by atoms with van der Waals surface area (Å²) in [4.78, 5) is 36.5. The molecule has 2 aliphatic heterocycles. The zero-order valence-electron chi connectivity index (χ0n) is 18.3. The number of benzene rings is 1. The summed E-state index contributed by atoms with van der Waals surface area (Å²) in [6.45, 7) is 3.68. The van der Waals surface area contributed by atoms with Crippen molar-refractivity contribution in [2.45, 2.75) is 44.7 Å². The molecule has 10 nitrogen and oxygen atoms in total. The highest BCUT2D eigenvalue weighted by molar-refractivity contribution is 6.02. The number of hydroxylamine groups is 3. The molecule has 2 unspecified atom stereocenters. The fourth-order valence-corrected chi connectivity index (χ4v) is 4.02. The van der Waals surface area contributed by atoms with E-state index in [4.69, 9.17) is 15.2 Å². The number of carbonyl (C=O) groups is 3. The molecule has 0 aliphatic carbocycles. The lowest BCUT2D eigenvalue weighted by Gasteiger charge is -2.42. The number of imide groups is 1. The first-order valence-corrected chi connectivity index (χ1v) is 11.2. The van der Waals surface area contributed by atoms with Crippen molar-refractivity contribution in [1.29, 1.82) is 0 Å². The number of hydrogen-bond donors (Lipinski definition) is 3. The van der Waals surface area contributed by atoms with Gasteiger partial charge in [-0.15, -0.1) is 0 Å². The van der Waals surface area contributed by atoms with E-state index in [0.717, 1.165) is 19.3 Å². The Morgan fingerprint density at radius 3 is 2.53 bits per heavy atom. The van der Waals surface area contributed by atoms with E-state index in [2.05, 4.69) is 10.6 Å². The standard InChI is InChI=1S/C22H32N4O6/c23-9-2-11-31-13-4-14-32-12-3-10-24-18-6-1-5-16-17(18)15-26(30,22(16)29)19-7-8-20(27)25-21(19)28/h1,5-6,19,24H,2-4,7-15,23H2,(H,25,27,28). The van der Waals surface area contributed by atoms with Crippen molar-refractivity contribution < 1.29 is 28.5 Å². The lowest BCUT2D eigenvalue weighted by molar-refractivity contribution is -0.825. The summed E-state index contributed by atoms with van der Waals surface area (Å²) >= 11 is 0. The summed E-state index contributed by atoms with van der Waals surface area (Å²) in [7, 11) is 0. The monoisotopic (exact) mass is 448 g/mol. The molecule has 2 aliphatic rings. The Labute approximate surface area is 187 Å². The number of nitrogens with two attached hydrogens (primary N) is 1. The van der Waals surface area contributed by atoms with Gasteiger partial charge in [0.2, 0.25) is 5.91 Å². The van der Waals surface area contributed by atoms with Crippen LogP contribution in [0.5, 0.6) is 0 Å². The summed E-state index contributed by atoms with van der Waals surface area (Å²) in [5.74, 6) is -1.71. The lowest BCUT2D eigenvalue weighted by Crippen LogP contribution is -2.60. The number of fused-ring (bicyclic) bond motifs is 1. The van der Waals surface area contributed by atoms with Crippen LogP contribution < -0.4 is 16.4 Å². The van der Waals surface area contributed by atoms with Crippen LogP contribution in [0.25, 0.3) is 0 Å². The van der Waals surface area contributed by atoms with Gasteiger partial charge in [0.1, 0.15) is 6.54 Å². The van der Waals surface area contributed by atoms with Gasteiger partial charge in [0.25, 0.3) is 5.91 Å². The second-order valence-electron chi connectivity index (χ2n) is 8.06. The number of nitrogens with one attached hydrogen (secondary N) is 2. The van der Waals surface area contributed by atoms with Crippen LogP contribution in [0.3, 0.4) is 0 Å². The summed E-state index contributed by atoms with van der Waals surface area (Å²) in [5.41, 5.74) is 7.07. The van der Waals surface area contributed by atoms with E-state index in [0.29, 0.717) is 56.3 Å². The van der Waals surface area contributed by atoms with Crippen molar-refractivity contribution in [3.63, 3.8) is 0 Å². The minimum atomic E-state index is -1.27. The highest BCUT2D eigenvalue weighted by atomic mass is 16.6. The average Bonchev–Trinajstić information content (AvgIpc) is 3.03. The third-order valence-corrected chi connectivity index (χ3v) is 5.71. The van der Waals surface area contributed by atoms with Gasteiger partial charge < -0.3 is 25.7 Å². The van der Waals surface area contributed by atoms with E-state index in [1.165, 1.54) is 0 Å². The van der Waals surface area contributed by atoms with Gasteiger partial charge in [-0.2, -0.15) is 0 Å². The number of anilines is 1. The molecular weight excluding hydrogens is 416 g/mol. The van der Waals surface area contributed by atoms with Crippen LogP contribution in [0, 0.1) is 5.21 Å². The van der Waals surface area contributed by atoms with Crippen LogP contribution in [0.1, 0.15) is 48.0 Å². The van der Waals surface area contributed by atoms with E-state index < -0.39 is 28.4 Å². The number of nitrogens with zero attached hydrogens (tertiary/aromatic N) is 1. The molecule has 2 heterocycles. The first-order chi connectivity index (χ1) is 15.5. The molecule has 176 valence electrons. The Morgan fingerprint density at radius 2 is 1.81 bits per heavy atom. The van der Waals surface area contributed by atoms with E-state index >= 15 is 0 Å². The Kier molecular flexibility index (Phi) is 8.71. The predicted octanol–water partition coefficient (Wildman–Crippen LogP) is 1.03. The first-order valence-electron chi connectivity index (χ1n) is 11.2. The normalized spacial score (nSPS) is 22.7. The fraction of sp³-hybridized carbons (Fsp3) is 0.591. The first kappa shape index (κ1) is 24.3. The van der Waals surface area contributed by atoms with Crippen LogP contribution in [0.15, 0.2) is 18.2 Å². The second-order valence-corrected chi connectivity index (χ2v) is 8.06. The minimum Gasteiger partial charge on any atom is -0.624 e. The summed E-state index contributed by atoms with van der Waals surface area (Å²) in [6, 6.07) is 4.06. The SMILES string of the molecule is NCCCOCCCOCCCNc1cccc2c1C[N+]([O-])(C1CCC(=O)NC1=O)C2=O. The topological polar surface area (TPSA) is 143 Å². The maximum absolute atomic E-state index is 13.4. The molecule has 0 spiro atoms. The molecule has 10 heteroatoms. The number of carbonyl (C=O) groups excluding carboxylic acids is 3. The van der Waals surface area contributed by atoms with Gasteiger partial charge >= 0.3 is 5.91 Å². The maximum atomic E-state index is 13.4. The van der Waals surface area contributed by atoms with Crippen molar-refractivity contribution in [2.24, 2.45) is 5.73 Å². The van der Waals surface area contributed by atoms with Crippen molar-refractivity contribution in [3.8, 4) is 0 Å². The molecule has 4 N–H and O–H groups in total. The summed E-state index contributed by atoms with van der Waals surface area (Å²) in [5, 5.41) is 18.9. The highest BCUT2D eigenvalue weighted by Gasteiger charge is 2.49. The van der Waals surface area contributed by atoms with Crippen LogP contribution in [0.2, 0.25) is 0 Å². The Hall–Kier alpha value is -2.37. The quantitative estimate of drug-likeness (QED) is 0.176. The predicted molar refractivity (Wildman–Crippen MR) is 117 cm³/mol. The Balaban J connectivity index is 1.46. The van der Waals surface area contributed by atoms with Gasteiger partial charge in [-0.05, 0) is 37.9 Å². The largest absolute Gasteiger partial charge is 0.624 e. The second kappa shape index (κ2) is 11.5. The zero-order valence-corrected chi connectivity index (χ0v) is 18.3. The molecule has 1 aromatic rings. The van der Waals surface area contributed by atoms with Gasteiger partial charge in [0.15, 0.2) is 6.04 Å². The van der Waals surface area contributed by atoms with Gasteiger partial charge in [-0.3, -0.25) is 19.6 Å². The third-order valence-electron chi connectivity index (χ3n) is 5.71. The fourth-order valence-electron chi connectivity index (χ4n) is 4.02. The average molecular weight is 449 g/mol. The molecule has 3 amide bonds. The van der Waals surface area contributed by atoms with Crippen molar-refractivity contribution >= 4 is 23.4 Å². The van der Waals surface area contributed by atoms with Gasteiger partial charge in [0, 0.05) is 57.1 Å². The number of piperidine rings is 1. The molecule has 0 saturated carbocycles. The number of quaternary nitrogens is 1. The molecular formula is C22H32N4O6. The molecule has 1 saturated heterocycles. The van der Waals surface area contributed by atoms with E-state index in [9.17, 15) is 19.6 Å². The van der Waals surface area contributed by atoms with Gasteiger partial charge in [-0.25, -0.2) is 4.79 Å². The van der Waals surface area contributed by atoms with Crippen molar-refractivity contribution in [1.82, 2.24) is 5.32 Å². The maximum Gasteiger partial charge on any atom is 0.347 e. The van der Waals surface area contributed by atoms with Crippen molar-refractivity contribution in [2.75, 3.05) is 44.8 Å². The van der Waals surface area contributed by atoms with Crippen LogP contribution >= 0.6 is 0 Å². The zero-order chi connectivity index (χ0) is 23.0. The molecule has 1 aromatic carbocycles. The summed E-state index contributed by atoms with van der Waals surface area (Å²) < 4.78 is 9.74. The highest BCUT2D eigenvalue weighted by Crippen LogP contribution is 2.37. The van der Waals surface area contributed by atoms with Gasteiger partial charge in [-0.1, -0.05) is 6.07 Å². The molecule has 1 fully saturated rings. The molecule has 0 bridgehead atoms. The smallest absolute Gasteiger partial charge is 0.347 e. The number of amides is 3. The van der Waals surface area contributed by atoms with Crippen molar-refractivity contribution in [3.05, 3.63) is 34.5 Å². The number of ether oxygens (including phenoxy) is 2. The van der Waals surface area contributed by atoms with Crippen LogP contribution in [-0.2, 0) is 25.6 Å². The molecule has 32 heavy (non-hydrogen) atoms. The van der Waals surface area contributed by atoms with Crippen LogP contribution in [-0.4, -0.2) is 67.9 Å². The number of hydrogen-bond acceptors (Lipinski definition) is 8.